The zero-order valence-corrected chi connectivity index (χ0v) is 14.6. The second kappa shape index (κ2) is 7.76. The van der Waals surface area contributed by atoms with Gasteiger partial charge in [-0.25, -0.2) is 9.59 Å². The molecule has 1 amide bonds. The molecule has 1 atom stereocenters. The number of alkyl carbamates (subject to hydrolysis) is 1. The maximum absolute atomic E-state index is 11.9. The lowest BCUT2D eigenvalue weighted by Crippen LogP contribution is -2.38. The van der Waals surface area contributed by atoms with Crippen LogP contribution in [0.4, 0.5) is 4.79 Å². The van der Waals surface area contributed by atoms with Gasteiger partial charge in [0.15, 0.2) is 17.5 Å². The second-order valence-corrected chi connectivity index (χ2v) is 5.88. The highest BCUT2D eigenvalue weighted by atomic mass is 16.6. The van der Waals surface area contributed by atoms with Crippen molar-refractivity contribution < 1.29 is 33.6 Å². The molecule has 1 aromatic rings. The van der Waals surface area contributed by atoms with Crippen molar-refractivity contribution in [2.24, 2.45) is 0 Å². The Hall–Kier alpha value is -2.64. The van der Waals surface area contributed by atoms with Crippen LogP contribution in [0.3, 0.4) is 0 Å². The van der Waals surface area contributed by atoms with Crippen molar-refractivity contribution in [3.05, 3.63) is 17.7 Å². The quantitative estimate of drug-likeness (QED) is 0.818. The first-order chi connectivity index (χ1) is 11.1. The van der Waals surface area contributed by atoms with Crippen molar-refractivity contribution >= 4 is 12.1 Å². The summed E-state index contributed by atoms with van der Waals surface area (Å²) in [5, 5.41) is 11.8. The Morgan fingerprint density at radius 3 is 1.88 bits per heavy atom. The number of carbonyl (C=O) groups is 2. The third-order valence-electron chi connectivity index (χ3n) is 2.93. The molecule has 2 N–H and O–H groups in total. The third-order valence-corrected chi connectivity index (χ3v) is 2.93. The zero-order valence-electron chi connectivity index (χ0n) is 14.6. The van der Waals surface area contributed by atoms with Gasteiger partial charge in [0, 0.05) is 0 Å². The lowest BCUT2D eigenvalue weighted by molar-refractivity contribution is -0.139. The van der Waals surface area contributed by atoms with E-state index in [1.165, 1.54) is 33.5 Å². The number of amides is 1. The highest BCUT2D eigenvalue weighted by Gasteiger charge is 2.27. The van der Waals surface area contributed by atoms with Gasteiger partial charge in [-0.3, -0.25) is 0 Å². The van der Waals surface area contributed by atoms with E-state index < -0.39 is 23.7 Å². The summed E-state index contributed by atoms with van der Waals surface area (Å²) >= 11 is 0. The molecule has 0 bridgehead atoms. The number of hydrogen-bond acceptors (Lipinski definition) is 6. The molecule has 8 nitrogen and oxygen atoms in total. The van der Waals surface area contributed by atoms with Crippen molar-refractivity contribution in [2.75, 3.05) is 21.3 Å². The molecule has 0 aliphatic rings. The van der Waals surface area contributed by atoms with E-state index in [1.807, 2.05) is 0 Å². The Morgan fingerprint density at radius 1 is 1.04 bits per heavy atom. The van der Waals surface area contributed by atoms with Crippen molar-refractivity contribution in [2.45, 2.75) is 32.4 Å². The maximum Gasteiger partial charge on any atom is 0.408 e. The Morgan fingerprint density at radius 2 is 1.54 bits per heavy atom. The molecule has 8 heteroatoms. The van der Waals surface area contributed by atoms with E-state index in [0.29, 0.717) is 5.75 Å². The molecule has 0 aromatic heterocycles. The normalized spacial score (nSPS) is 12.1. The fourth-order valence-corrected chi connectivity index (χ4v) is 1.98. The number of aliphatic carboxylic acids is 1. The smallest absolute Gasteiger partial charge is 0.408 e. The molecule has 134 valence electrons. The van der Waals surface area contributed by atoms with Gasteiger partial charge < -0.3 is 29.4 Å². The summed E-state index contributed by atoms with van der Waals surface area (Å²) in [5.74, 6) is -0.367. The van der Waals surface area contributed by atoms with E-state index in [0.717, 1.165) is 0 Å². The number of rotatable bonds is 6. The van der Waals surface area contributed by atoms with Crippen LogP contribution < -0.4 is 19.5 Å². The van der Waals surface area contributed by atoms with Crippen LogP contribution in [0.5, 0.6) is 17.2 Å². The number of hydrogen-bond donors (Lipinski definition) is 2. The standard InChI is InChI=1S/C16H23NO7/c1-16(2,3)24-15(20)17-12(14(18)19)9-7-10(21-4)13(23-6)11(8-9)22-5/h7-8,12H,1-6H3,(H,17,20)(H,18,19)/t12-/m1/s1. The molecule has 0 spiro atoms. The number of carboxylic acids is 1. The topological polar surface area (TPSA) is 103 Å². The van der Waals surface area contributed by atoms with E-state index >= 15 is 0 Å². The van der Waals surface area contributed by atoms with E-state index in [-0.39, 0.29) is 17.1 Å². The number of nitrogens with one attached hydrogen (secondary N) is 1. The SMILES string of the molecule is COc1cc([C@@H](NC(=O)OC(C)(C)C)C(=O)O)cc(OC)c1OC. The number of carboxylic acid groups (broad SMARTS) is 1. The van der Waals surface area contributed by atoms with E-state index in [1.54, 1.807) is 20.8 Å². The highest BCUT2D eigenvalue weighted by Crippen LogP contribution is 2.39. The van der Waals surface area contributed by atoms with Crippen LogP contribution in [-0.2, 0) is 9.53 Å². The summed E-state index contributed by atoms with van der Waals surface area (Å²) in [6.45, 7) is 5.05. The van der Waals surface area contributed by atoms with Crippen LogP contribution in [0, 0.1) is 0 Å². The average Bonchev–Trinajstić information content (AvgIpc) is 2.49. The molecule has 0 radical (unpaired) electrons. The first-order valence-electron chi connectivity index (χ1n) is 7.15. The minimum absolute atomic E-state index is 0.253. The Bertz CT molecular complexity index is 582. The summed E-state index contributed by atoms with van der Waals surface area (Å²) in [5.41, 5.74) is -0.495. The first-order valence-corrected chi connectivity index (χ1v) is 7.15. The molecular weight excluding hydrogens is 318 g/mol. The molecule has 0 unspecified atom stereocenters. The average molecular weight is 341 g/mol. The summed E-state index contributed by atoms with van der Waals surface area (Å²) < 4.78 is 20.7. The minimum Gasteiger partial charge on any atom is -0.493 e. The highest BCUT2D eigenvalue weighted by molar-refractivity contribution is 5.82. The molecule has 0 aliphatic heterocycles. The van der Waals surface area contributed by atoms with E-state index in [9.17, 15) is 14.7 Å². The van der Waals surface area contributed by atoms with Gasteiger partial charge in [0.25, 0.3) is 0 Å². The van der Waals surface area contributed by atoms with Crippen LogP contribution in [0.25, 0.3) is 0 Å². The molecule has 0 saturated heterocycles. The van der Waals surface area contributed by atoms with E-state index in [2.05, 4.69) is 5.32 Å². The van der Waals surface area contributed by atoms with Gasteiger partial charge in [-0.15, -0.1) is 0 Å². The molecule has 0 heterocycles. The predicted molar refractivity (Wildman–Crippen MR) is 85.8 cm³/mol. The fourth-order valence-electron chi connectivity index (χ4n) is 1.98. The number of ether oxygens (including phenoxy) is 4. The Balaban J connectivity index is 3.21. The number of methoxy groups -OCH3 is 3. The summed E-state index contributed by atoms with van der Waals surface area (Å²) in [6.07, 6.45) is -0.844. The van der Waals surface area contributed by atoms with E-state index in [4.69, 9.17) is 18.9 Å². The molecule has 0 saturated carbocycles. The lowest BCUT2D eigenvalue weighted by atomic mass is 10.1. The summed E-state index contributed by atoms with van der Waals surface area (Å²) in [6, 6.07) is 1.57. The number of benzene rings is 1. The van der Waals surface area contributed by atoms with Gasteiger partial charge in [-0.2, -0.15) is 0 Å². The van der Waals surface area contributed by atoms with Gasteiger partial charge >= 0.3 is 12.1 Å². The van der Waals surface area contributed by atoms with Gasteiger partial charge in [0.2, 0.25) is 5.75 Å². The third kappa shape index (κ3) is 4.94. The lowest BCUT2D eigenvalue weighted by Gasteiger charge is -2.23. The van der Waals surface area contributed by atoms with Crippen LogP contribution in [0.2, 0.25) is 0 Å². The van der Waals surface area contributed by atoms with Crippen LogP contribution >= 0.6 is 0 Å². The Labute approximate surface area is 140 Å². The molecule has 1 rings (SSSR count). The second-order valence-electron chi connectivity index (χ2n) is 5.88. The van der Waals surface area contributed by atoms with Crippen LogP contribution in [0.15, 0.2) is 12.1 Å². The maximum atomic E-state index is 11.9. The van der Waals surface area contributed by atoms with Gasteiger partial charge in [0.1, 0.15) is 5.60 Å². The molecular formula is C16H23NO7. The predicted octanol–water partition coefficient (Wildman–Crippen LogP) is 2.36. The Kier molecular flexibility index (Phi) is 6.27. The van der Waals surface area contributed by atoms with Gasteiger partial charge in [0.05, 0.1) is 21.3 Å². The van der Waals surface area contributed by atoms with Crippen molar-refractivity contribution in [1.29, 1.82) is 0 Å². The largest absolute Gasteiger partial charge is 0.493 e. The molecule has 0 aliphatic carbocycles. The van der Waals surface area contributed by atoms with Crippen LogP contribution in [0.1, 0.15) is 32.4 Å². The monoisotopic (exact) mass is 341 g/mol. The molecule has 24 heavy (non-hydrogen) atoms. The van der Waals surface area contributed by atoms with Crippen molar-refractivity contribution in [3.63, 3.8) is 0 Å². The molecule has 1 aromatic carbocycles. The zero-order chi connectivity index (χ0) is 18.5. The summed E-state index contributed by atoms with van der Waals surface area (Å²) in [4.78, 5) is 23.5. The summed E-state index contributed by atoms with van der Waals surface area (Å²) in [7, 11) is 4.27. The minimum atomic E-state index is -1.34. The van der Waals surface area contributed by atoms with Crippen LogP contribution in [-0.4, -0.2) is 44.1 Å². The first kappa shape index (κ1) is 19.4. The number of carbonyl (C=O) groups excluding carboxylic acids is 1. The van der Waals surface area contributed by atoms with Crippen molar-refractivity contribution in [3.8, 4) is 17.2 Å². The van der Waals surface area contributed by atoms with Crippen molar-refractivity contribution in [1.82, 2.24) is 5.32 Å². The fraction of sp³-hybridized carbons (Fsp3) is 0.500. The van der Waals surface area contributed by atoms with Gasteiger partial charge in [-0.05, 0) is 38.5 Å². The van der Waals surface area contributed by atoms with Gasteiger partial charge in [-0.1, -0.05) is 0 Å². The molecule has 0 fully saturated rings.